The number of aliphatic hydroxyl groups excluding tert-OH is 1. The van der Waals surface area contributed by atoms with E-state index in [1.165, 1.54) is 0 Å². The molecule has 0 radical (unpaired) electrons. The molecule has 2 nitrogen and oxygen atoms in total. The van der Waals surface area contributed by atoms with Crippen LogP contribution < -0.4 is 0 Å². The Hall–Kier alpha value is -0.570. The molecule has 1 atom stereocenters. The summed E-state index contributed by atoms with van der Waals surface area (Å²) in [4.78, 5) is 0. The lowest BCUT2D eigenvalue weighted by molar-refractivity contribution is -0.0960. The number of halogens is 1. The molecule has 0 bridgehead atoms. The number of benzene rings is 1. The maximum Gasteiger partial charge on any atom is 0.0908 e. The van der Waals surface area contributed by atoms with Crippen molar-refractivity contribution < 1.29 is 10.2 Å². The first-order valence-corrected chi connectivity index (χ1v) is 6.63. The summed E-state index contributed by atoms with van der Waals surface area (Å²) in [7, 11) is 0. The van der Waals surface area contributed by atoms with Crippen LogP contribution in [0.25, 0.3) is 0 Å². The molecule has 0 saturated heterocycles. The van der Waals surface area contributed by atoms with Gasteiger partial charge in [0, 0.05) is 11.4 Å². The summed E-state index contributed by atoms with van der Waals surface area (Å²) in [6.07, 6.45) is 4.35. The topological polar surface area (TPSA) is 40.5 Å². The Kier molecular flexibility index (Phi) is 4.08. The zero-order valence-electron chi connectivity index (χ0n) is 9.90. The Morgan fingerprint density at radius 3 is 2.59 bits per heavy atom. The first-order chi connectivity index (χ1) is 8.10. The molecular weight excluding hydrogens is 236 g/mol. The summed E-state index contributed by atoms with van der Waals surface area (Å²) in [5.74, 6) is 0. The minimum absolute atomic E-state index is 0.469. The minimum atomic E-state index is -0.902. The van der Waals surface area contributed by atoms with E-state index in [1.807, 2.05) is 24.3 Å². The van der Waals surface area contributed by atoms with E-state index in [0.717, 1.165) is 24.8 Å². The molecule has 0 amide bonds. The van der Waals surface area contributed by atoms with Crippen molar-refractivity contribution >= 4 is 11.6 Å². The van der Waals surface area contributed by atoms with Crippen LogP contribution in [-0.2, 0) is 6.42 Å². The molecule has 3 heteroatoms. The highest BCUT2D eigenvalue weighted by molar-refractivity contribution is 6.30. The summed E-state index contributed by atoms with van der Waals surface area (Å²) in [6.45, 7) is 0. The van der Waals surface area contributed by atoms with Crippen molar-refractivity contribution in [2.75, 3.05) is 0 Å². The lowest BCUT2D eigenvalue weighted by Gasteiger charge is -2.36. The predicted molar refractivity (Wildman–Crippen MR) is 69.2 cm³/mol. The molecule has 1 aliphatic rings. The van der Waals surface area contributed by atoms with Gasteiger partial charge in [0.05, 0.1) is 11.7 Å². The second-order valence-electron chi connectivity index (χ2n) is 5.01. The van der Waals surface area contributed by atoms with Gasteiger partial charge in [0.2, 0.25) is 0 Å². The molecule has 17 heavy (non-hydrogen) atoms. The standard InChI is InChI=1S/C14H19ClO2/c15-12-6-4-5-11(9-12)10-13(16)14(17)7-2-1-3-8-14/h4-6,9,13,16-17H,1-3,7-8,10H2. The molecule has 0 heterocycles. The Labute approximate surface area is 107 Å². The molecule has 0 aromatic heterocycles. The highest BCUT2D eigenvalue weighted by atomic mass is 35.5. The smallest absolute Gasteiger partial charge is 0.0908 e. The first-order valence-electron chi connectivity index (χ1n) is 6.25. The molecule has 0 aliphatic heterocycles. The van der Waals surface area contributed by atoms with Crippen LogP contribution in [0.4, 0.5) is 0 Å². The van der Waals surface area contributed by atoms with E-state index in [-0.39, 0.29) is 0 Å². The maximum atomic E-state index is 10.4. The van der Waals surface area contributed by atoms with Crippen molar-refractivity contribution in [3.05, 3.63) is 34.9 Å². The van der Waals surface area contributed by atoms with Gasteiger partial charge in [0.15, 0.2) is 0 Å². The first kappa shape index (κ1) is 12.9. The molecule has 94 valence electrons. The van der Waals surface area contributed by atoms with Crippen LogP contribution in [0.15, 0.2) is 24.3 Å². The van der Waals surface area contributed by atoms with Gasteiger partial charge in [-0.3, -0.25) is 0 Å². The van der Waals surface area contributed by atoms with Crippen LogP contribution in [0.2, 0.25) is 5.02 Å². The Morgan fingerprint density at radius 1 is 1.24 bits per heavy atom. The highest BCUT2D eigenvalue weighted by Gasteiger charge is 2.36. The van der Waals surface area contributed by atoms with Gasteiger partial charge in [-0.1, -0.05) is 43.0 Å². The molecule has 1 saturated carbocycles. The third kappa shape index (κ3) is 3.21. The SMILES string of the molecule is OC(Cc1cccc(Cl)c1)C1(O)CCCCC1. The van der Waals surface area contributed by atoms with Gasteiger partial charge >= 0.3 is 0 Å². The Balaban J connectivity index is 2.02. The summed E-state index contributed by atoms with van der Waals surface area (Å²) >= 11 is 5.90. The van der Waals surface area contributed by atoms with Crippen LogP contribution in [0, 0.1) is 0 Å². The monoisotopic (exact) mass is 254 g/mol. The van der Waals surface area contributed by atoms with Gasteiger partial charge in [-0.05, 0) is 30.5 Å². The van der Waals surface area contributed by atoms with Gasteiger partial charge in [-0.2, -0.15) is 0 Å². The quantitative estimate of drug-likeness (QED) is 0.871. The van der Waals surface area contributed by atoms with Crippen molar-refractivity contribution in [1.29, 1.82) is 0 Å². The van der Waals surface area contributed by atoms with E-state index in [0.29, 0.717) is 24.3 Å². The normalized spacial score (nSPS) is 21.1. The van der Waals surface area contributed by atoms with Gasteiger partial charge < -0.3 is 10.2 Å². The molecule has 1 aromatic carbocycles. The molecule has 1 fully saturated rings. The molecule has 1 aromatic rings. The zero-order chi connectivity index (χ0) is 12.3. The van der Waals surface area contributed by atoms with E-state index in [2.05, 4.69) is 0 Å². The maximum absolute atomic E-state index is 10.4. The van der Waals surface area contributed by atoms with Gasteiger partial charge in [0.1, 0.15) is 0 Å². The van der Waals surface area contributed by atoms with E-state index in [4.69, 9.17) is 11.6 Å². The summed E-state index contributed by atoms with van der Waals surface area (Å²) in [6, 6.07) is 7.46. The van der Waals surface area contributed by atoms with Crippen molar-refractivity contribution in [3.8, 4) is 0 Å². The largest absolute Gasteiger partial charge is 0.390 e. The second kappa shape index (κ2) is 5.38. The predicted octanol–water partition coefficient (Wildman–Crippen LogP) is 2.94. The fourth-order valence-electron chi connectivity index (χ4n) is 2.57. The third-order valence-corrected chi connectivity index (χ3v) is 3.89. The average molecular weight is 255 g/mol. The van der Waals surface area contributed by atoms with Crippen LogP contribution in [0.1, 0.15) is 37.7 Å². The van der Waals surface area contributed by atoms with E-state index >= 15 is 0 Å². The molecular formula is C14H19ClO2. The number of hydrogen-bond acceptors (Lipinski definition) is 2. The lowest BCUT2D eigenvalue weighted by Crippen LogP contribution is -2.45. The van der Waals surface area contributed by atoms with Crippen LogP contribution in [-0.4, -0.2) is 21.9 Å². The number of hydrogen-bond donors (Lipinski definition) is 2. The lowest BCUT2D eigenvalue weighted by atomic mass is 9.79. The van der Waals surface area contributed by atoms with E-state index in [1.54, 1.807) is 0 Å². The fraction of sp³-hybridized carbons (Fsp3) is 0.571. The highest BCUT2D eigenvalue weighted by Crippen LogP contribution is 2.32. The van der Waals surface area contributed by atoms with Crippen LogP contribution in [0.5, 0.6) is 0 Å². The Bertz CT molecular complexity index is 372. The van der Waals surface area contributed by atoms with Crippen molar-refractivity contribution in [3.63, 3.8) is 0 Å². The summed E-state index contributed by atoms with van der Waals surface area (Å²) in [5.41, 5.74) is 0.0737. The zero-order valence-corrected chi connectivity index (χ0v) is 10.7. The third-order valence-electron chi connectivity index (χ3n) is 3.66. The number of rotatable bonds is 3. The van der Waals surface area contributed by atoms with Crippen molar-refractivity contribution in [2.45, 2.75) is 50.2 Å². The van der Waals surface area contributed by atoms with Crippen LogP contribution in [0.3, 0.4) is 0 Å². The second-order valence-corrected chi connectivity index (χ2v) is 5.45. The molecule has 1 unspecified atom stereocenters. The summed E-state index contributed by atoms with van der Waals surface area (Å²) in [5, 5.41) is 21.2. The van der Waals surface area contributed by atoms with Crippen LogP contribution >= 0.6 is 11.6 Å². The van der Waals surface area contributed by atoms with Crippen molar-refractivity contribution in [2.24, 2.45) is 0 Å². The van der Waals surface area contributed by atoms with E-state index < -0.39 is 11.7 Å². The number of aliphatic hydroxyl groups is 2. The summed E-state index contributed by atoms with van der Waals surface area (Å²) < 4.78 is 0. The van der Waals surface area contributed by atoms with Gasteiger partial charge in [0.25, 0.3) is 0 Å². The van der Waals surface area contributed by atoms with Gasteiger partial charge in [-0.15, -0.1) is 0 Å². The molecule has 1 aliphatic carbocycles. The van der Waals surface area contributed by atoms with Crippen molar-refractivity contribution in [1.82, 2.24) is 0 Å². The minimum Gasteiger partial charge on any atom is -0.390 e. The van der Waals surface area contributed by atoms with Gasteiger partial charge in [-0.25, -0.2) is 0 Å². The molecule has 2 rings (SSSR count). The van der Waals surface area contributed by atoms with E-state index in [9.17, 15) is 10.2 Å². The Morgan fingerprint density at radius 2 is 1.94 bits per heavy atom. The fourth-order valence-corrected chi connectivity index (χ4v) is 2.79. The molecule has 0 spiro atoms. The molecule has 2 N–H and O–H groups in total. The average Bonchev–Trinajstić information content (AvgIpc) is 2.30.